The van der Waals surface area contributed by atoms with Crippen molar-refractivity contribution < 1.29 is 4.39 Å². The van der Waals surface area contributed by atoms with E-state index in [9.17, 15) is 4.39 Å². The topological polar surface area (TPSA) is 25.8 Å². The maximum atomic E-state index is 12.7. The normalized spacial score (nSPS) is 10.7. The highest BCUT2D eigenvalue weighted by molar-refractivity contribution is 14.1. The van der Waals surface area contributed by atoms with E-state index < -0.39 is 0 Å². The van der Waals surface area contributed by atoms with Gasteiger partial charge in [-0.05, 0) is 53.8 Å². The highest BCUT2D eigenvalue weighted by atomic mass is 127. The van der Waals surface area contributed by atoms with Crippen LogP contribution < -0.4 is 0 Å². The van der Waals surface area contributed by atoms with Crippen LogP contribution in [0.15, 0.2) is 29.2 Å². The first-order chi connectivity index (χ1) is 8.56. The van der Waals surface area contributed by atoms with Crippen LogP contribution in [0.25, 0.3) is 0 Å². The van der Waals surface area contributed by atoms with Crippen LogP contribution in [0.2, 0.25) is 5.15 Å². The van der Waals surface area contributed by atoms with Crippen LogP contribution in [0.5, 0.6) is 0 Å². The summed E-state index contributed by atoms with van der Waals surface area (Å²) in [4.78, 5) is 9.57. The van der Waals surface area contributed by atoms with Gasteiger partial charge in [-0.2, -0.15) is 0 Å². The van der Waals surface area contributed by atoms with Crippen molar-refractivity contribution in [3.63, 3.8) is 0 Å². The Bertz CT molecular complexity index is 539. The summed E-state index contributed by atoms with van der Waals surface area (Å²) in [6, 6.07) is 6.35. The van der Waals surface area contributed by atoms with Crippen molar-refractivity contribution in [1.29, 1.82) is 0 Å². The van der Waals surface area contributed by atoms with Crippen molar-refractivity contribution in [3.05, 3.63) is 50.3 Å². The molecule has 0 atom stereocenters. The predicted octanol–water partition coefficient (Wildman–Crippen LogP) is 4.47. The smallest absolute Gasteiger partial charge is 0.146 e. The minimum atomic E-state index is -0.233. The first-order valence-corrected chi connectivity index (χ1v) is 7.57. The number of hydrogen-bond acceptors (Lipinski definition) is 3. The molecule has 0 amide bonds. The number of nitrogens with zero attached hydrogens (tertiary/aromatic N) is 2. The lowest BCUT2D eigenvalue weighted by molar-refractivity contribution is 0.626. The van der Waals surface area contributed by atoms with Crippen molar-refractivity contribution in [2.75, 3.05) is 0 Å². The van der Waals surface area contributed by atoms with Gasteiger partial charge in [0.15, 0.2) is 0 Å². The molecule has 1 aromatic heterocycles. The van der Waals surface area contributed by atoms with E-state index in [1.807, 2.05) is 6.92 Å². The van der Waals surface area contributed by atoms with Gasteiger partial charge in [0.25, 0.3) is 0 Å². The fourth-order valence-corrected chi connectivity index (χ4v) is 2.55. The fourth-order valence-electron chi connectivity index (χ4n) is 1.32. The highest BCUT2D eigenvalue weighted by Gasteiger charge is 2.07. The average Bonchev–Trinajstić information content (AvgIpc) is 2.35. The van der Waals surface area contributed by atoms with Crippen molar-refractivity contribution in [2.45, 2.75) is 17.6 Å². The van der Waals surface area contributed by atoms with Crippen LogP contribution >= 0.6 is 46.0 Å². The molecule has 0 saturated carbocycles. The molecule has 94 valence electrons. The van der Waals surface area contributed by atoms with Gasteiger partial charge in [0.1, 0.15) is 16.8 Å². The standard InChI is InChI=1S/C12H9ClFIN2S/c1-7-11(15)12(13)17-10(16-7)6-18-9-4-2-8(14)3-5-9/h2-5H,6H2,1H3. The van der Waals surface area contributed by atoms with Crippen molar-refractivity contribution in [2.24, 2.45) is 0 Å². The van der Waals surface area contributed by atoms with E-state index in [-0.39, 0.29) is 5.82 Å². The number of benzene rings is 1. The minimum Gasteiger partial charge on any atom is -0.236 e. The molecule has 0 aliphatic carbocycles. The summed E-state index contributed by atoms with van der Waals surface area (Å²) in [7, 11) is 0. The second-order valence-electron chi connectivity index (χ2n) is 3.57. The van der Waals surface area contributed by atoms with Gasteiger partial charge in [-0.15, -0.1) is 11.8 Å². The Morgan fingerprint density at radius 2 is 1.94 bits per heavy atom. The number of rotatable bonds is 3. The third-order valence-electron chi connectivity index (χ3n) is 2.20. The Morgan fingerprint density at radius 1 is 1.28 bits per heavy atom. The Morgan fingerprint density at radius 3 is 2.56 bits per heavy atom. The molecule has 2 rings (SSSR count). The number of halogens is 3. The second-order valence-corrected chi connectivity index (χ2v) is 6.06. The van der Waals surface area contributed by atoms with E-state index >= 15 is 0 Å². The predicted molar refractivity (Wildman–Crippen MR) is 80.5 cm³/mol. The van der Waals surface area contributed by atoms with Gasteiger partial charge in [0, 0.05) is 4.90 Å². The third-order valence-corrected chi connectivity index (χ3v) is 5.10. The number of aromatic nitrogens is 2. The summed E-state index contributed by atoms with van der Waals surface area (Å²) in [5, 5.41) is 0.484. The SMILES string of the molecule is Cc1nc(CSc2ccc(F)cc2)nc(Cl)c1I. The van der Waals surface area contributed by atoms with Gasteiger partial charge < -0.3 is 0 Å². The molecule has 0 bridgehead atoms. The molecule has 0 aliphatic rings. The zero-order chi connectivity index (χ0) is 13.1. The molecular weight excluding hydrogens is 386 g/mol. The zero-order valence-corrected chi connectivity index (χ0v) is 13.2. The minimum absolute atomic E-state index is 0.233. The van der Waals surface area contributed by atoms with Crippen LogP contribution in [0.1, 0.15) is 11.5 Å². The molecule has 2 aromatic rings. The fraction of sp³-hybridized carbons (Fsp3) is 0.167. The van der Waals surface area contributed by atoms with Crippen molar-refractivity contribution in [3.8, 4) is 0 Å². The summed E-state index contributed by atoms with van der Waals surface area (Å²) in [5.41, 5.74) is 0.880. The molecule has 6 heteroatoms. The second kappa shape index (κ2) is 6.16. The largest absolute Gasteiger partial charge is 0.236 e. The Kier molecular flexibility index (Phi) is 4.80. The third kappa shape index (κ3) is 3.55. The molecular formula is C12H9ClFIN2S. The zero-order valence-electron chi connectivity index (χ0n) is 9.45. The van der Waals surface area contributed by atoms with Crippen LogP contribution in [0.4, 0.5) is 4.39 Å². The lowest BCUT2D eigenvalue weighted by Crippen LogP contribution is -1.99. The van der Waals surface area contributed by atoms with Crippen LogP contribution in [0.3, 0.4) is 0 Å². The lowest BCUT2D eigenvalue weighted by Gasteiger charge is -2.05. The molecule has 1 aromatic carbocycles. The molecule has 0 spiro atoms. The first kappa shape index (κ1) is 14.0. The summed E-state index contributed by atoms with van der Waals surface area (Å²) in [6.07, 6.45) is 0. The van der Waals surface area contributed by atoms with E-state index in [2.05, 4.69) is 32.6 Å². The summed E-state index contributed by atoms with van der Waals surface area (Å²) >= 11 is 9.68. The van der Waals surface area contributed by atoms with E-state index in [1.54, 1.807) is 23.9 Å². The summed E-state index contributed by atoms with van der Waals surface area (Å²) < 4.78 is 13.6. The number of aryl methyl sites for hydroxylation is 1. The first-order valence-electron chi connectivity index (χ1n) is 5.13. The Balaban J connectivity index is 2.08. The van der Waals surface area contributed by atoms with E-state index in [0.717, 1.165) is 14.2 Å². The molecule has 0 unspecified atom stereocenters. The molecule has 0 aliphatic heterocycles. The van der Waals surface area contributed by atoms with Gasteiger partial charge in [0.2, 0.25) is 0 Å². The van der Waals surface area contributed by atoms with Crippen LogP contribution in [-0.4, -0.2) is 9.97 Å². The van der Waals surface area contributed by atoms with Gasteiger partial charge in [-0.1, -0.05) is 11.6 Å². The Hall–Kier alpha value is -0.400. The van der Waals surface area contributed by atoms with Crippen LogP contribution in [0, 0.1) is 16.3 Å². The highest BCUT2D eigenvalue weighted by Crippen LogP contribution is 2.24. The van der Waals surface area contributed by atoms with Crippen molar-refractivity contribution >= 4 is 46.0 Å². The van der Waals surface area contributed by atoms with E-state index in [1.165, 1.54) is 12.1 Å². The quantitative estimate of drug-likeness (QED) is 0.436. The van der Waals surface area contributed by atoms with Gasteiger partial charge in [-0.25, -0.2) is 14.4 Å². The van der Waals surface area contributed by atoms with Gasteiger partial charge in [-0.3, -0.25) is 0 Å². The van der Waals surface area contributed by atoms with Crippen LogP contribution in [-0.2, 0) is 5.75 Å². The van der Waals surface area contributed by atoms with Gasteiger partial charge >= 0.3 is 0 Å². The lowest BCUT2D eigenvalue weighted by atomic mass is 10.4. The summed E-state index contributed by atoms with van der Waals surface area (Å²) in [6.45, 7) is 1.90. The molecule has 2 nitrogen and oxygen atoms in total. The number of hydrogen-bond donors (Lipinski definition) is 0. The monoisotopic (exact) mass is 394 g/mol. The van der Waals surface area contributed by atoms with Crippen molar-refractivity contribution in [1.82, 2.24) is 9.97 Å². The molecule has 0 fully saturated rings. The molecule has 0 N–H and O–H groups in total. The van der Waals surface area contributed by atoms with Gasteiger partial charge in [0.05, 0.1) is 15.0 Å². The molecule has 1 heterocycles. The summed E-state index contributed by atoms with van der Waals surface area (Å²) in [5.74, 6) is 1.07. The maximum Gasteiger partial charge on any atom is 0.146 e. The molecule has 0 radical (unpaired) electrons. The number of thioether (sulfide) groups is 1. The molecule has 18 heavy (non-hydrogen) atoms. The molecule has 0 saturated heterocycles. The Labute approximate surface area is 128 Å². The maximum absolute atomic E-state index is 12.7. The van der Waals surface area contributed by atoms with E-state index in [0.29, 0.717) is 16.7 Å². The van der Waals surface area contributed by atoms with E-state index in [4.69, 9.17) is 11.6 Å². The average molecular weight is 395 g/mol.